The van der Waals surface area contributed by atoms with E-state index in [2.05, 4.69) is 5.32 Å². The van der Waals surface area contributed by atoms with Gasteiger partial charge in [0.25, 0.3) is 5.91 Å². The summed E-state index contributed by atoms with van der Waals surface area (Å²) in [5.74, 6) is 0.174. The molecule has 0 aliphatic heterocycles. The highest BCUT2D eigenvalue weighted by Gasteiger charge is 2.16. The Labute approximate surface area is 142 Å². The summed E-state index contributed by atoms with van der Waals surface area (Å²) in [4.78, 5) is 13.9. The van der Waals surface area contributed by atoms with Crippen molar-refractivity contribution in [2.45, 2.75) is 13.0 Å². The van der Waals surface area contributed by atoms with E-state index < -0.39 is 0 Å². The fraction of sp³-hybridized carbons (Fsp3) is 0.316. The van der Waals surface area contributed by atoms with Crippen LogP contribution in [0.2, 0.25) is 0 Å². The third-order valence-corrected chi connectivity index (χ3v) is 3.71. The molecule has 0 radical (unpaired) electrons. The van der Waals surface area contributed by atoms with Crippen LogP contribution in [0.3, 0.4) is 0 Å². The van der Waals surface area contributed by atoms with E-state index in [0.29, 0.717) is 12.3 Å². The molecule has 2 aromatic rings. The molecule has 0 aliphatic rings. The maximum absolute atomic E-state index is 13.4. The third kappa shape index (κ3) is 5.35. The van der Waals surface area contributed by atoms with E-state index in [1.165, 1.54) is 12.1 Å². The van der Waals surface area contributed by atoms with Gasteiger partial charge in [-0.2, -0.15) is 0 Å². The van der Waals surface area contributed by atoms with Crippen LogP contribution < -0.4 is 10.1 Å². The first-order chi connectivity index (χ1) is 11.5. The minimum atomic E-state index is -0.284. The molecule has 0 aliphatic carbocycles. The quantitative estimate of drug-likeness (QED) is 0.849. The lowest BCUT2D eigenvalue weighted by molar-refractivity contribution is -0.123. The number of carbonyl (C=O) groups is 1. The van der Waals surface area contributed by atoms with Crippen molar-refractivity contribution in [2.24, 2.45) is 0 Å². The molecule has 0 heterocycles. The first kappa shape index (κ1) is 17.9. The Morgan fingerprint density at radius 1 is 1.21 bits per heavy atom. The average Bonchev–Trinajstić information content (AvgIpc) is 2.53. The van der Waals surface area contributed by atoms with Gasteiger partial charge in [-0.25, -0.2) is 4.39 Å². The number of carbonyl (C=O) groups excluding carboxylic acids is 1. The Bertz CT molecular complexity index is 689. The molecule has 24 heavy (non-hydrogen) atoms. The summed E-state index contributed by atoms with van der Waals surface area (Å²) < 4.78 is 18.9. The van der Waals surface area contributed by atoms with E-state index in [1.54, 1.807) is 6.07 Å². The summed E-state index contributed by atoms with van der Waals surface area (Å²) in [6, 6.07) is 13.8. The molecule has 128 valence electrons. The first-order valence-corrected chi connectivity index (χ1v) is 7.84. The number of amides is 1. The Morgan fingerprint density at radius 2 is 1.96 bits per heavy atom. The van der Waals surface area contributed by atoms with Crippen LogP contribution in [0, 0.1) is 12.7 Å². The Kier molecular flexibility index (Phi) is 6.32. The minimum Gasteiger partial charge on any atom is -0.484 e. The number of halogens is 1. The highest BCUT2D eigenvalue weighted by molar-refractivity contribution is 5.77. The SMILES string of the molecule is Cc1cccc(OCC(=O)NCC(c2cccc(F)c2)N(C)C)c1. The Morgan fingerprint density at radius 3 is 2.62 bits per heavy atom. The summed E-state index contributed by atoms with van der Waals surface area (Å²) in [7, 11) is 3.79. The van der Waals surface area contributed by atoms with Gasteiger partial charge in [-0.1, -0.05) is 24.3 Å². The average molecular weight is 330 g/mol. The standard InChI is InChI=1S/C19H23FN2O2/c1-14-6-4-9-17(10-14)24-13-19(23)21-12-18(22(2)3)15-7-5-8-16(20)11-15/h4-11,18H,12-13H2,1-3H3,(H,21,23). The number of hydrogen-bond donors (Lipinski definition) is 1. The van der Waals surface area contributed by atoms with Crippen LogP contribution in [-0.2, 0) is 4.79 Å². The van der Waals surface area contributed by atoms with Crippen LogP contribution in [0.25, 0.3) is 0 Å². The summed E-state index contributed by atoms with van der Waals surface area (Å²) in [5.41, 5.74) is 1.89. The predicted molar refractivity (Wildman–Crippen MR) is 92.5 cm³/mol. The molecule has 1 N–H and O–H groups in total. The topological polar surface area (TPSA) is 41.6 Å². The van der Waals surface area contributed by atoms with E-state index in [4.69, 9.17) is 4.74 Å². The number of benzene rings is 2. The van der Waals surface area contributed by atoms with Gasteiger partial charge in [0.2, 0.25) is 0 Å². The van der Waals surface area contributed by atoms with Crippen LogP contribution in [0.15, 0.2) is 48.5 Å². The molecule has 2 rings (SSSR count). The van der Waals surface area contributed by atoms with Crippen molar-refractivity contribution in [2.75, 3.05) is 27.2 Å². The highest BCUT2D eigenvalue weighted by atomic mass is 19.1. The maximum atomic E-state index is 13.4. The van der Waals surface area contributed by atoms with Gasteiger partial charge in [-0.3, -0.25) is 4.79 Å². The van der Waals surface area contributed by atoms with Gasteiger partial charge in [0, 0.05) is 6.54 Å². The molecule has 1 amide bonds. The fourth-order valence-corrected chi connectivity index (χ4v) is 2.43. The molecular weight excluding hydrogens is 307 g/mol. The van der Waals surface area contributed by atoms with Crippen molar-refractivity contribution in [1.82, 2.24) is 10.2 Å². The van der Waals surface area contributed by atoms with Crippen molar-refractivity contribution in [1.29, 1.82) is 0 Å². The van der Waals surface area contributed by atoms with Crippen molar-refractivity contribution < 1.29 is 13.9 Å². The molecule has 0 bridgehead atoms. The second kappa shape index (κ2) is 8.45. The molecule has 4 nitrogen and oxygen atoms in total. The maximum Gasteiger partial charge on any atom is 0.258 e. The van der Waals surface area contributed by atoms with E-state index in [-0.39, 0.29) is 24.4 Å². The highest BCUT2D eigenvalue weighted by Crippen LogP contribution is 2.18. The molecular formula is C19H23FN2O2. The number of ether oxygens (including phenoxy) is 1. The molecule has 1 atom stereocenters. The monoisotopic (exact) mass is 330 g/mol. The number of rotatable bonds is 7. The molecule has 1 unspecified atom stereocenters. The number of nitrogens with one attached hydrogen (secondary N) is 1. The summed E-state index contributed by atoms with van der Waals surface area (Å²) in [6.45, 7) is 2.30. The molecule has 0 aromatic heterocycles. The molecule has 2 aromatic carbocycles. The van der Waals surface area contributed by atoms with Crippen LogP contribution in [0.4, 0.5) is 4.39 Å². The molecule has 0 spiro atoms. The van der Waals surface area contributed by atoms with E-state index in [0.717, 1.165) is 11.1 Å². The van der Waals surface area contributed by atoms with Crippen molar-refractivity contribution >= 4 is 5.91 Å². The second-order valence-electron chi connectivity index (χ2n) is 5.94. The van der Waals surface area contributed by atoms with Crippen molar-refractivity contribution in [3.8, 4) is 5.75 Å². The molecule has 0 saturated heterocycles. The van der Waals surface area contributed by atoms with Crippen molar-refractivity contribution in [3.63, 3.8) is 0 Å². The van der Waals surface area contributed by atoms with Crippen LogP contribution in [0.1, 0.15) is 17.2 Å². The zero-order valence-corrected chi connectivity index (χ0v) is 14.3. The smallest absolute Gasteiger partial charge is 0.258 e. The lowest BCUT2D eigenvalue weighted by atomic mass is 10.1. The van der Waals surface area contributed by atoms with Crippen LogP contribution in [0.5, 0.6) is 5.75 Å². The van der Waals surface area contributed by atoms with Gasteiger partial charge >= 0.3 is 0 Å². The van der Waals surface area contributed by atoms with Gasteiger partial charge in [-0.05, 0) is 56.4 Å². The van der Waals surface area contributed by atoms with E-state index in [9.17, 15) is 9.18 Å². The lowest BCUT2D eigenvalue weighted by Crippen LogP contribution is -2.36. The zero-order chi connectivity index (χ0) is 17.5. The van der Waals surface area contributed by atoms with E-state index in [1.807, 2.05) is 56.3 Å². The third-order valence-electron chi connectivity index (χ3n) is 3.71. The molecule has 0 saturated carbocycles. The van der Waals surface area contributed by atoms with Gasteiger partial charge in [-0.15, -0.1) is 0 Å². The number of hydrogen-bond acceptors (Lipinski definition) is 3. The largest absolute Gasteiger partial charge is 0.484 e. The van der Waals surface area contributed by atoms with Gasteiger partial charge in [0.15, 0.2) is 6.61 Å². The normalized spacial score (nSPS) is 12.0. The van der Waals surface area contributed by atoms with Crippen molar-refractivity contribution in [3.05, 3.63) is 65.5 Å². The second-order valence-corrected chi connectivity index (χ2v) is 5.94. The minimum absolute atomic E-state index is 0.0489. The summed E-state index contributed by atoms with van der Waals surface area (Å²) >= 11 is 0. The molecule has 5 heteroatoms. The van der Waals surface area contributed by atoms with Crippen LogP contribution in [-0.4, -0.2) is 38.1 Å². The van der Waals surface area contributed by atoms with Gasteiger partial charge < -0.3 is 15.0 Å². The fourth-order valence-electron chi connectivity index (χ4n) is 2.43. The summed E-state index contributed by atoms with van der Waals surface area (Å²) in [5, 5.41) is 2.84. The molecule has 0 fully saturated rings. The lowest BCUT2D eigenvalue weighted by Gasteiger charge is -2.25. The Hall–Kier alpha value is -2.40. The first-order valence-electron chi connectivity index (χ1n) is 7.84. The summed E-state index contributed by atoms with van der Waals surface area (Å²) in [6.07, 6.45) is 0. The van der Waals surface area contributed by atoms with Gasteiger partial charge in [0.1, 0.15) is 11.6 Å². The number of nitrogens with zero attached hydrogens (tertiary/aromatic N) is 1. The number of likely N-dealkylation sites (N-methyl/N-ethyl adjacent to an activating group) is 1. The zero-order valence-electron chi connectivity index (χ0n) is 14.3. The predicted octanol–water partition coefficient (Wildman–Crippen LogP) is 2.93. The van der Waals surface area contributed by atoms with Gasteiger partial charge in [0.05, 0.1) is 6.04 Å². The number of aryl methyl sites for hydroxylation is 1. The Balaban J connectivity index is 1.88. The van der Waals surface area contributed by atoms with Crippen LogP contribution >= 0.6 is 0 Å². The van der Waals surface area contributed by atoms with E-state index >= 15 is 0 Å².